The Balaban J connectivity index is 1.82. The number of ether oxygens (including phenoxy) is 1. The standard InChI is InChI=1S/C24H15BrClNO4/c1-30-17-4-2-3-13(11-17)21-20-22(28)18-12-15(26)7-10-19(18)31-23(20)24(29)27(21)16-8-5-14(25)6-9-16/h2-12,21H,1H3. The number of carbonyl (C=O) groups is 1. The lowest BCUT2D eigenvalue weighted by molar-refractivity contribution is 0.0971. The van der Waals surface area contributed by atoms with Crippen LogP contribution in [0.4, 0.5) is 5.69 Å². The summed E-state index contributed by atoms with van der Waals surface area (Å²) < 4.78 is 12.2. The zero-order valence-electron chi connectivity index (χ0n) is 16.3. The fraction of sp³-hybridized carbons (Fsp3) is 0.0833. The molecule has 1 aliphatic rings. The van der Waals surface area contributed by atoms with E-state index in [-0.39, 0.29) is 22.7 Å². The third kappa shape index (κ3) is 3.23. The van der Waals surface area contributed by atoms with Crippen LogP contribution in [0.15, 0.2) is 80.4 Å². The number of halogens is 2. The van der Waals surface area contributed by atoms with Gasteiger partial charge in [0.2, 0.25) is 5.76 Å². The van der Waals surface area contributed by atoms with E-state index in [4.69, 9.17) is 20.8 Å². The number of hydrogen-bond acceptors (Lipinski definition) is 4. The molecule has 1 amide bonds. The van der Waals surface area contributed by atoms with Crippen molar-refractivity contribution in [1.29, 1.82) is 0 Å². The fourth-order valence-electron chi connectivity index (χ4n) is 3.94. The third-order valence-electron chi connectivity index (χ3n) is 5.35. The molecule has 0 N–H and O–H groups in total. The van der Waals surface area contributed by atoms with E-state index in [1.54, 1.807) is 30.2 Å². The van der Waals surface area contributed by atoms with Gasteiger partial charge in [-0.1, -0.05) is 39.7 Å². The number of fused-ring (bicyclic) bond motifs is 2. The molecular formula is C24H15BrClNO4. The van der Waals surface area contributed by atoms with E-state index in [0.717, 1.165) is 10.0 Å². The van der Waals surface area contributed by atoms with Gasteiger partial charge < -0.3 is 9.15 Å². The molecule has 0 fully saturated rings. The van der Waals surface area contributed by atoms with E-state index in [9.17, 15) is 9.59 Å². The van der Waals surface area contributed by atoms with Crippen LogP contribution in [0.25, 0.3) is 11.0 Å². The van der Waals surface area contributed by atoms with Crippen molar-refractivity contribution < 1.29 is 13.9 Å². The van der Waals surface area contributed by atoms with E-state index in [2.05, 4.69) is 15.9 Å². The summed E-state index contributed by atoms with van der Waals surface area (Å²) in [5, 5.41) is 0.761. The maximum atomic E-state index is 13.6. The average molecular weight is 497 g/mol. The van der Waals surface area contributed by atoms with Gasteiger partial charge in [-0.25, -0.2) is 0 Å². The Kier molecular flexibility index (Phi) is 4.84. The van der Waals surface area contributed by atoms with Crippen LogP contribution in [0.1, 0.15) is 27.7 Å². The number of rotatable bonds is 3. The minimum atomic E-state index is -0.668. The summed E-state index contributed by atoms with van der Waals surface area (Å²) in [7, 11) is 1.57. The molecule has 2 heterocycles. The molecule has 0 saturated heterocycles. The Bertz CT molecular complexity index is 1400. The molecule has 5 rings (SSSR count). The second-order valence-electron chi connectivity index (χ2n) is 7.15. The van der Waals surface area contributed by atoms with Crippen LogP contribution < -0.4 is 15.1 Å². The van der Waals surface area contributed by atoms with E-state index >= 15 is 0 Å². The predicted molar refractivity (Wildman–Crippen MR) is 123 cm³/mol. The van der Waals surface area contributed by atoms with Crippen molar-refractivity contribution in [2.75, 3.05) is 12.0 Å². The van der Waals surface area contributed by atoms with Crippen molar-refractivity contribution in [2.45, 2.75) is 6.04 Å². The van der Waals surface area contributed by atoms with Crippen molar-refractivity contribution in [3.05, 3.63) is 103 Å². The van der Waals surface area contributed by atoms with Gasteiger partial charge in [-0.15, -0.1) is 0 Å². The number of methoxy groups -OCH3 is 1. The summed E-state index contributed by atoms with van der Waals surface area (Å²) in [6, 6.07) is 18.8. The maximum Gasteiger partial charge on any atom is 0.295 e. The predicted octanol–water partition coefficient (Wildman–Crippen LogP) is 5.97. The van der Waals surface area contributed by atoms with Gasteiger partial charge in [-0.2, -0.15) is 0 Å². The normalized spacial score (nSPS) is 15.4. The lowest BCUT2D eigenvalue weighted by Crippen LogP contribution is -2.29. The Morgan fingerprint density at radius 1 is 1.03 bits per heavy atom. The summed E-state index contributed by atoms with van der Waals surface area (Å²) >= 11 is 9.55. The van der Waals surface area contributed by atoms with Crippen LogP contribution in [0.5, 0.6) is 5.75 Å². The van der Waals surface area contributed by atoms with E-state index in [1.807, 2.05) is 48.5 Å². The Morgan fingerprint density at radius 3 is 2.55 bits per heavy atom. The molecule has 0 saturated carbocycles. The highest BCUT2D eigenvalue weighted by atomic mass is 79.9. The Hall–Kier alpha value is -3.09. The van der Waals surface area contributed by atoms with Crippen molar-refractivity contribution in [3.63, 3.8) is 0 Å². The first kappa shape index (κ1) is 19.8. The molecule has 3 aromatic carbocycles. The Labute approximate surface area is 190 Å². The highest BCUT2D eigenvalue weighted by molar-refractivity contribution is 9.10. The van der Waals surface area contributed by atoms with Crippen molar-refractivity contribution in [3.8, 4) is 5.75 Å². The van der Waals surface area contributed by atoms with Crippen LogP contribution in [0, 0.1) is 0 Å². The maximum absolute atomic E-state index is 13.6. The van der Waals surface area contributed by atoms with E-state index in [1.165, 1.54) is 0 Å². The first-order valence-electron chi connectivity index (χ1n) is 9.47. The van der Waals surface area contributed by atoms with Gasteiger partial charge in [0.25, 0.3) is 5.91 Å². The van der Waals surface area contributed by atoms with Crippen LogP contribution in [-0.4, -0.2) is 13.0 Å². The highest BCUT2D eigenvalue weighted by Crippen LogP contribution is 2.42. The van der Waals surface area contributed by atoms with E-state index in [0.29, 0.717) is 27.4 Å². The average Bonchev–Trinajstić information content (AvgIpc) is 3.07. The lowest BCUT2D eigenvalue weighted by Gasteiger charge is -2.25. The molecule has 1 atom stereocenters. The van der Waals surface area contributed by atoms with Crippen molar-refractivity contribution in [2.24, 2.45) is 0 Å². The van der Waals surface area contributed by atoms with Gasteiger partial charge in [-0.05, 0) is 60.2 Å². The van der Waals surface area contributed by atoms with E-state index < -0.39 is 6.04 Å². The SMILES string of the molecule is COc1cccc(C2c3c(oc4ccc(Cl)cc4c3=O)C(=O)N2c2ccc(Br)cc2)c1. The second kappa shape index (κ2) is 7.55. The minimum Gasteiger partial charge on any atom is -0.497 e. The second-order valence-corrected chi connectivity index (χ2v) is 8.50. The highest BCUT2D eigenvalue weighted by Gasteiger charge is 2.43. The van der Waals surface area contributed by atoms with Crippen LogP contribution in [0.3, 0.4) is 0 Å². The van der Waals surface area contributed by atoms with Crippen molar-refractivity contribution in [1.82, 2.24) is 0 Å². The summed E-state index contributed by atoms with van der Waals surface area (Å²) in [4.78, 5) is 28.6. The quantitative estimate of drug-likeness (QED) is 0.351. The molecule has 0 bridgehead atoms. The Morgan fingerprint density at radius 2 is 1.81 bits per heavy atom. The monoisotopic (exact) mass is 495 g/mol. The number of carbonyl (C=O) groups excluding carboxylic acids is 1. The van der Waals surface area contributed by atoms with Gasteiger partial charge in [0.05, 0.1) is 24.1 Å². The van der Waals surface area contributed by atoms with Gasteiger partial charge in [0.15, 0.2) is 5.43 Å². The molecule has 5 nitrogen and oxygen atoms in total. The molecule has 0 radical (unpaired) electrons. The van der Waals surface area contributed by atoms with Crippen LogP contribution >= 0.6 is 27.5 Å². The number of benzene rings is 3. The zero-order chi connectivity index (χ0) is 21.7. The molecular weight excluding hydrogens is 482 g/mol. The first-order chi connectivity index (χ1) is 15.0. The molecule has 1 unspecified atom stereocenters. The first-order valence-corrected chi connectivity index (χ1v) is 10.6. The lowest BCUT2D eigenvalue weighted by atomic mass is 9.98. The summed E-state index contributed by atoms with van der Waals surface area (Å²) in [5.74, 6) is 0.289. The zero-order valence-corrected chi connectivity index (χ0v) is 18.6. The van der Waals surface area contributed by atoms with Gasteiger partial charge >= 0.3 is 0 Å². The largest absolute Gasteiger partial charge is 0.497 e. The number of amides is 1. The summed E-state index contributed by atoms with van der Waals surface area (Å²) in [6.07, 6.45) is 0. The van der Waals surface area contributed by atoms with Gasteiger partial charge in [0, 0.05) is 15.2 Å². The van der Waals surface area contributed by atoms with Gasteiger partial charge in [0.1, 0.15) is 11.3 Å². The number of hydrogen-bond donors (Lipinski definition) is 0. The smallest absolute Gasteiger partial charge is 0.295 e. The molecule has 31 heavy (non-hydrogen) atoms. The topological polar surface area (TPSA) is 59.8 Å². The molecule has 0 spiro atoms. The van der Waals surface area contributed by atoms with Crippen LogP contribution in [0.2, 0.25) is 5.02 Å². The summed E-state index contributed by atoms with van der Waals surface area (Å²) in [6.45, 7) is 0. The van der Waals surface area contributed by atoms with Crippen molar-refractivity contribution >= 4 is 50.1 Å². The molecule has 1 aliphatic heterocycles. The number of nitrogens with zero attached hydrogens (tertiary/aromatic N) is 1. The molecule has 4 aromatic rings. The molecule has 0 aliphatic carbocycles. The minimum absolute atomic E-state index is 0.0376. The number of anilines is 1. The third-order valence-corrected chi connectivity index (χ3v) is 6.11. The molecule has 7 heteroatoms. The van der Waals surface area contributed by atoms with Crippen LogP contribution in [-0.2, 0) is 0 Å². The molecule has 1 aromatic heterocycles. The molecule has 154 valence electrons. The van der Waals surface area contributed by atoms with Gasteiger partial charge in [-0.3, -0.25) is 14.5 Å². The fourth-order valence-corrected chi connectivity index (χ4v) is 4.38. The summed E-state index contributed by atoms with van der Waals surface area (Å²) in [5.41, 5.74) is 1.72.